The zero-order chi connectivity index (χ0) is 11.8. The highest BCUT2D eigenvalue weighted by Crippen LogP contribution is 2.24. The second-order valence-corrected chi connectivity index (χ2v) is 4.51. The minimum atomic E-state index is -0.471. The van der Waals surface area contributed by atoms with Crippen molar-refractivity contribution in [2.45, 2.75) is 20.8 Å². The summed E-state index contributed by atoms with van der Waals surface area (Å²) in [6.07, 6.45) is 7.57. The van der Waals surface area contributed by atoms with E-state index in [1.165, 1.54) is 16.0 Å². The number of benzene rings is 1. The average molecular weight is 212 g/mol. The lowest BCUT2D eigenvalue weighted by Gasteiger charge is -2.14. The molecule has 0 N–H and O–H groups in total. The number of carbonyl (C=O) groups excluding carboxylic acids is 1. The first kappa shape index (κ1) is 10.9. The van der Waals surface area contributed by atoms with Gasteiger partial charge in [-0.3, -0.25) is 4.79 Å². The van der Waals surface area contributed by atoms with E-state index in [0.29, 0.717) is 0 Å². The van der Waals surface area contributed by atoms with Gasteiger partial charge in [-0.15, -0.1) is 0 Å². The van der Waals surface area contributed by atoms with Gasteiger partial charge in [0.1, 0.15) is 0 Å². The standard InChI is InChI=1S/C15H16O/c1-4-6-14(16)15(3)9-12-8-5-7-11(2)13(12)10-15/h4-10H,1-3H3/b6-4+. The van der Waals surface area contributed by atoms with E-state index in [9.17, 15) is 4.79 Å². The Balaban J connectivity index is 2.61. The second kappa shape index (κ2) is 3.75. The van der Waals surface area contributed by atoms with Gasteiger partial charge in [0.2, 0.25) is 0 Å². The molecule has 0 radical (unpaired) electrons. The van der Waals surface area contributed by atoms with E-state index in [-0.39, 0.29) is 5.78 Å². The fourth-order valence-electron chi connectivity index (χ4n) is 2.16. The van der Waals surface area contributed by atoms with Gasteiger partial charge in [0.05, 0.1) is 5.41 Å². The first-order valence-corrected chi connectivity index (χ1v) is 5.55. The highest BCUT2D eigenvalue weighted by atomic mass is 16.1. The van der Waals surface area contributed by atoms with Crippen LogP contribution in [-0.2, 0) is 4.79 Å². The van der Waals surface area contributed by atoms with Gasteiger partial charge in [-0.2, -0.15) is 0 Å². The van der Waals surface area contributed by atoms with E-state index in [1.54, 1.807) is 12.2 Å². The maximum atomic E-state index is 12.0. The second-order valence-electron chi connectivity index (χ2n) is 4.51. The van der Waals surface area contributed by atoms with Crippen LogP contribution in [0.25, 0.3) is 12.2 Å². The van der Waals surface area contributed by atoms with Gasteiger partial charge in [0.25, 0.3) is 0 Å². The molecule has 1 aliphatic rings. The zero-order valence-electron chi connectivity index (χ0n) is 9.95. The maximum Gasteiger partial charge on any atom is 0.168 e. The fraction of sp³-hybridized carbons (Fsp3) is 0.267. The molecule has 1 aromatic rings. The van der Waals surface area contributed by atoms with Crippen molar-refractivity contribution in [2.75, 3.05) is 0 Å². The molecule has 16 heavy (non-hydrogen) atoms. The molecule has 1 atom stereocenters. The number of rotatable bonds is 2. The van der Waals surface area contributed by atoms with E-state index in [1.807, 2.05) is 19.9 Å². The number of hydrogen-bond acceptors (Lipinski definition) is 1. The summed E-state index contributed by atoms with van der Waals surface area (Å²) in [5.41, 5.74) is 0.756. The summed E-state index contributed by atoms with van der Waals surface area (Å²) in [6, 6.07) is 6.17. The predicted molar refractivity (Wildman–Crippen MR) is 67.3 cm³/mol. The van der Waals surface area contributed by atoms with Crippen LogP contribution in [0, 0.1) is 12.3 Å². The normalized spacial score (nSPS) is 22.7. The molecule has 0 spiro atoms. The maximum absolute atomic E-state index is 12.0. The fourth-order valence-corrected chi connectivity index (χ4v) is 2.16. The van der Waals surface area contributed by atoms with Gasteiger partial charge in [-0.25, -0.2) is 0 Å². The molecule has 0 saturated carbocycles. The Morgan fingerprint density at radius 3 is 2.69 bits per heavy atom. The SMILES string of the molecule is C/C=C/C(=O)C1(C)C=c2cccc(C)c2=C1. The monoisotopic (exact) mass is 212 g/mol. The van der Waals surface area contributed by atoms with Crippen molar-refractivity contribution in [3.8, 4) is 0 Å². The van der Waals surface area contributed by atoms with Crippen LogP contribution in [0.15, 0.2) is 30.4 Å². The van der Waals surface area contributed by atoms with Crippen molar-refractivity contribution >= 4 is 17.9 Å². The van der Waals surface area contributed by atoms with Crippen molar-refractivity contribution in [1.82, 2.24) is 0 Å². The third-order valence-corrected chi connectivity index (χ3v) is 3.11. The molecule has 2 rings (SSSR count). The smallest absolute Gasteiger partial charge is 0.168 e. The van der Waals surface area contributed by atoms with Gasteiger partial charge >= 0.3 is 0 Å². The van der Waals surface area contributed by atoms with E-state index in [4.69, 9.17) is 0 Å². The Kier molecular flexibility index (Phi) is 2.55. The zero-order valence-corrected chi connectivity index (χ0v) is 9.95. The van der Waals surface area contributed by atoms with E-state index in [0.717, 1.165) is 0 Å². The third kappa shape index (κ3) is 1.63. The van der Waals surface area contributed by atoms with Crippen molar-refractivity contribution in [3.05, 3.63) is 46.4 Å². The number of ketones is 1. The van der Waals surface area contributed by atoms with Gasteiger partial charge in [0, 0.05) is 0 Å². The molecule has 0 heterocycles. The topological polar surface area (TPSA) is 17.1 Å². The molecule has 1 unspecified atom stereocenters. The lowest BCUT2D eigenvalue weighted by Crippen LogP contribution is -2.23. The average Bonchev–Trinajstić information content (AvgIpc) is 2.58. The molecule has 1 aromatic carbocycles. The number of allylic oxidation sites excluding steroid dienone is 2. The van der Waals surface area contributed by atoms with Gasteiger partial charge in [0.15, 0.2) is 5.78 Å². The third-order valence-electron chi connectivity index (χ3n) is 3.11. The minimum Gasteiger partial charge on any atom is -0.294 e. The Bertz CT molecular complexity index is 578. The molecule has 1 heteroatoms. The van der Waals surface area contributed by atoms with Crippen LogP contribution in [0.5, 0.6) is 0 Å². The number of fused-ring (bicyclic) bond motifs is 1. The molecular formula is C15H16O. The molecule has 0 fully saturated rings. The minimum absolute atomic E-state index is 0.144. The highest BCUT2D eigenvalue weighted by molar-refractivity contribution is 6.04. The van der Waals surface area contributed by atoms with Gasteiger partial charge in [-0.1, -0.05) is 36.4 Å². The molecule has 82 valence electrons. The van der Waals surface area contributed by atoms with Crippen molar-refractivity contribution in [2.24, 2.45) is 5.41 Å². The number of carbonyl (C=O) groups is 1. The Labute approximate surface area is 95.8 Å². The van der Waals surface area contributed by atoms with Crippen LogP contribution in [0.1, 0.15) is 19.4 Å². The van der Waals surface area contributed by atoms with Crippen molar-refractivity contribution < 1.29 is 4.79 Å². The van der Waals surface area contributed by atoms with Crippen molar-refractivity contribution in [3.63, 3.8) is 0 Å². The Morgan fingerprint density at radius 2 is 2.06 bits per heavy atom. The first-order chi connectivity index (χ1) is 7.57. The van der Waals surface area contributed by atoms with Crippen molar-refractivity contribution in [1.29, 1.82) is 0 Å². The summed E-state index contributed by atoms with van der Waals surface area (Å²) < 4.78 is 0. The van der Waals surface area contributed by atoms with Crippen LogP contribution < -0.4 is 10.4 Å². The molecule has 0 saturated heterocycles. The number of aryl methyl sites for hydroxylation is 1. The molecular weight excluding hydrogens is 196 g/mol. The summed E-state index contributed by atoms with van der Waals surface area (Å²) in [4.78, 5) is 12.0. The Hall–Kier alpha value is -1.63. The van der Waals surface area contributed by atoms with E-state index >= 15 is 0 Å². The molecule has 0 aromatic heterocycles. The summed E-state index contributed by atoms with van der Waals surface area (Å²) in [7, 11) is 0. The van der Waals surface area contributed by atoms with Crippen LogP contribution >= 0.6 is 0 Å². The predicted octanol–water partition coefficient (Wildman–Crippen LogP) is 1.72. The van der Waals surface area contributed by atoms with Gasteiger partial charge in [-0.05, 0) is 42.8 Å². The lowest BCUT2D eigenvalue weighted by molar-refractivity contribution is -0.117. The highest BCUT2D eigenvalue weighted by Gasteiger charge is 2.28. The van der Waals surface area contributed by atoms with E-state index < -0.39 is 5.41 Å². The summed E-state index contributed by atoms with van der Waals surface area (Å²) in [5, 5.41) is 2.36. The van der Waals surface area contributed by atoms with Gasteiger partial charge < -0.3 is 0 Å². The summed E-state index contributed by atoms with van der Waals surface area (Å²) in [5.74, 6) is 0.144. The van der Waals surface area contributed by atoms with Crippen LogP contribution in [0.4, 0.5) is 0 Å². The van der Waals surface area contributed by atoms with Crippen LogP contribution in [-0.4, -0.2) is 5.78 Å². The molecule has 0 amide bonds. The van der Waals surface area contributed by atoms with E-state index in [2.05, 4.69) is 31.2 Å². The quantitative estimate of drug-likeness (QED) is 0.682. The Morgan fingerprint density at radius 1 is 1.31 bits per heavy atom. The van der Waals surface area contributed by atoms with Crippen LogP contribution in [0.2, 0.25) is 0 Å². The number of hydrogen-bond donors (Lipinski definition) is 0. The summed E-state index contributed by atoms with van der Waals surface area (Å²) in [6.45, 7) is 5.92. The molecule has 0 aliphatic heterocycles. The largest absolute Gasteiger partial charge is 0.294 e. The molecule has 1 aliphatic carbocycles. The van der Waals surface area contributed by atoms with Crippen LogP contribution in [0.3, 0.4) is 0 Å². The molecule has 0 bridgehead atoms. The first-order valence-electron chi connectivity index (χ1n) is 5.55. The summed E-state index contributed by atoms with van der Waals surface area (Å²) >= 11 is 0. The molecule has 1 nitrogen and oxygen atoms in total. The lowest BCUT2D eigenvalue weighted by atomic mass is 9.87.